The Morgan fingerprint density at radius 2 is 1.77 bits per heavy atom. The molecule has 0 atom stereocenters. The molecule has 22 heavy (non-hydrogen) atoms. The molecule has 7 heteroatoms. The summed E-state index contributed by atoms with van der Waals surface area (Å²) in [5.74, 6) is -0.0156. The molecule has 0 aromatic heterocycles. The maximum absolute atomic E-state index is 12.5. The van der Waals surface area contributed by atoms with Gasteiger partial charge in [-0.2, -0.15) is 4.31 Å². The molecule has 2 rings (SSSR count). The van der Waals surface area contributed by atoms with Crippen molar-refractivity contribution in [1.29, 1.82) is 0 Å². The molecule has 1 aromatic rings. The highest BCUT2D eigenvalue weighted by Crippen LogP contribution is 2.22. The van der Waals surface area contributed by atoms with E-state index in [0.29, 0.717) is 25.4 Å². The van der Waals surface area contributed by atoms with Gasteiger partial charge in [-0.15, -0.1) is 0 Å². The Hall–Kier alpha value is -1.60. The summed E-state index contributed by atoms with van der Waals surface area (Å²) in [7, 11) is -3.43. The predicted molar refractivity (Wildman–Crippen MR) is 81.2 cm³/mol. The monoisotopic (exact) mass is 327 g/mol. The van der Waals surface area contributed by atoms with E-state index >= 15 is 0 Å². The number of carbonyl (C=O) groups excluding carboxylic acids is 1. The highest BCUT2D eigenvalue weighted by atomic mass is 32.2. The summed E-state index contributed by atoms with van der Waals surface area (Å²) in [6, 6.07) is 6.11. The zero-order chi connectivity index (χ0) is 16.0. The lowest BCUT2D eigenvalue weighted by molar-refractivity contribution is -0.145. The zero-order valence-electron chi connectivity index (χ0n) is 12.7. The predicted octanol–water partition coefficient (Wildman–Crippen LogP) is 1.80. The highest BCUT2D eigenvalue weighted by molar-refractivity contribution is 7.89. The number of hydrogen-bond acceptors (Lipinski definition) is 5. The standard InChI is InChI=1S/C15H21NO5S/c1-2-20-15(17)12-21-13-6-8-14(9-7-13)22(18,19)16-10-4-3-5-11-16/h6-9H,2-5,10-12H2,1H3. The molecule has 1 saturated heterocycles. The van der Waals surface area contributed by atoms with E-state index in [2.05, 4.69) is 0 Å². The normalized spacial score (nSPS) is 16.2. The van der Waals surface area contributed by atoms with Crippen LogP contribution in [-0.2, 0) is 19.6 Å². The molecule has 122 valence electrons. The van der Waals surface area contributed by atoms with Gasteiger partial charge in [0.2, 0.25) is 10.0 Å². The van der Waals surface area contributed by atoms with Crippen molar-refractivity contribution < 1.29 is 22.7 Å². The minimum absolute atomic E-state index is 0.188. The second-order valence-electron chi connectivity index (χ2n) is 5.03. The molecule has 0 saturated carbocycles. The molecule has 0 bridgehead atoms. The summed E-state index contributed by atoms with van der Waals surface area (Å²) in [6.45, 7) is 2.98. The van der Waals surface area contributed by atoms with E-state index in [1.54, 1.807) is 19.1 Å². The van der Waals surface area contributed by atoms with E-state index in [1.807, 2.05) is 0 Å². The fourth-order valence-electron chi connectivity index (χ4n) is 2.31. The van der Waals surface area contributed by atoms with Crippen LogP contribution in [-0.4, -0.2) is 45.0 Å². The van der Waals surface area contributed by atoms with Gasteiger partial charge >= 0.3 is 5.97 Å². The molecule has 0 aliphatic carbocycles. The SMILES string of the molecule is CCOC(=O)COc1ccc(S(=O)(=O)N2CCCCC2)cc1. The average molecular weight is 327 g/mol. The molecule has 1 aliphatic heterocycles. The molecule has 6 nitrogen and oxygen atoms in total. The number of hydrogen-bond donors (Lipinski definition) is 0. The first-order chi connectivity index (χ1) is 10.5. The third kappa shape index (κ3) is 4.20. The van der Waals surface area contributed by atoms with Gasteiger partial charge < -0.3 is 9.47 Å². The first-order valence-corrected chi connectivity index (χ1v) is 8.86. The van der Waals surface area contributed by atoms with Crippen LogP contribution in [0.15, 0.2) is 29.2 Å². The summed E-state index contributed by atoms with van der Waals surface area (Å²) in [5.41, 5.74) is 0. The molecule has 0 unspecified atom stereocenters. The van der Waals surface area contributed by atoms with Gasteiger partial charge in [-0.05, 0) is 44.0 Å². The first kappa shape index (κ1) is 16.8. The zero-order valence-corrected chi connectivity index (χ0v) is 13.5. The third-order valence-electron chi connectivity index (χ3n) is 3.44. The molecule has 0 radical (unpaired) electrons. The minimum atomic E-state index is -3.43. The maximum atomic E-state index is 12.5. The first-order valence-electron chi connectivity index (χ1n) is 7.42. The summed E-state index contributed by atoms with van der Waals surface area (Å²) >= 11 is 0. The molecule has 1 fully saturated rings. The molecule has 1 aliphatic rings. The lowest BCUT2D eigenvalue weighted by Crippen LogP contribution is -2.35. The average Bonchev–Trinajstić information content (AvgIpc) is 2.54. The summed E-state index contributed by atoms with van der Waals surface area (Å²) in [6.07, 6.45) is 2.88. The number of nitrogens with zero attached hydrogens (tertiary/aromatic N) is 1. The van der Waals surface area contributed by atoms with E-state index in [-0.39, 0.29) is 11.5 Å². The fraction of sp³-hybridized carbons (Fsp3) is 0.533. The van der Waals surface area contributed by atoms with Crippen molar-refractivity contribution in [3.8, 4) is 5.75 Å². The number of esters is 1. The molecule has 0 N–H and O–H groups in total. The minimum Gasteiger partial charge on any atom is -0.482 e. The number of sulfonamides is 1. The smallest absolute Gasteiger partial charge is 0.344 e. The van der Waals surface area contributed by atoms with Gasteiger partial charge in [-0.25, -0.2) is 13.2 Å². The molecule has 1 heterocycles. The Morgan fingerprint density at radius 3 is 2.36 bits per heavy atom. The number of benzene rings is 1. The maximum Gasteiger partial charge on any atom is 0.344 e. The summed E-state index contributed by atoms with van der Waals surface area (Å²) < 4.78 is 36.4. The van der Waals surface area contributed by atoms with Crippen LogP contribution in [0, 0.1) is 0 Å². The number of ether oxygens (including phenoxy) is 2. The number of carbonyl (C=O) groups is 1. The second-order valence-corrected chi connectivity index (χ2v) is 6.97. The second kappa shape index (κ2) is 7.60. The van der Waals surface area contributed by atoms with Crippen LogP contribution in [0.3, 0.4) is 0 Å². The van der Waals surface area contributed by atoms with Crippen LogP contribution in [0.5, 0.6) is 5.75 Å². The van der Waals surface area contributed by atoms with Gasteiger partial charge in [0, 0.05) is 13.1 Å². The highest BCUT2D eigenvalue weighted by Gasteiger charge is 2.25. The van der Waals surface area contributed by atoms with Crippen LogP contribution >= 0.6 is 0 Å². The van der Waals surface area contributed by atoms with Crippen molar-refractivity contribution in [2.24, 2.45) is 0 Å². The summed E-state index contributed by atoms with van der Waals surface area (Å²) in [5, 5.41) is 0. The lowest BCUT2D eigenvalue weighted by Gasteiger charge is -2.25. The molecular weight excluding hydrogens is 306 g/mol. The topological polar surface area (TPSA) is 72.9 Å². The van der Waals surface area contributed by atoms with Crippen LogP contribution in [0.1, 0.15) is 26.2 Å². The Morgan fingerprint density at radius 1 is 1.14 bits per heavy atom. The Bertz CT molecular complexity index is 591. The van der Waals surface area contributed by atoms with Gasteiger partial charge in [0.25, 0.3) is 0 Å². The van der Waals surface area contributed by atoms with Gasteiger partial charge in [0.1, 0.15) is 5.75 Å². The third-order valence-corrected chi connectivity index (χ3v) is 5.35. The van der Waals surface area contributed by atoms with Gasteiger partial charge in [0.05, 0.1) is 11.5 Å². The van der Waals surface area contributed by atoms with Crippen molar-refractivity contribution in [1.82, 2.24) is 4.31 Å². The van der Waals surface area contributed by atoms with Crippen LogP contribution in [0.4, 0.5) is 0 Å². The summed E-state index contributed by atoms with van der Waals surface area (Å²) in [4.78, 5) is 11.4. The van der Waals surface area contributed by atoms with E-state index < -0.39 is 16.0 Å². The lowest BCUT2D eigenvalue weighted by atomic mass is 10.2. The molecule has 0 spiro atoms. The quantitative estimate of drug-likeness (QED) is 0.745. The van der Waals surface area contributed by atoms with Crippen molar-refractivity contribution in [3.63, 3.8) is 0 Å². The molecule has 1 aromatic carbocycles. The molecular formula is C15H21NO5S. The van der Waals surface area contributed by atoms with Gasteiger partial charge in [0.15, 0.2) is 6.61 Å². The van der Waals surface area contributed by atoms with Gasteiger partial charge in [-0.3, -0.25) is 0 Å². The van der Waals surface area contributed by atoms with E-state index in [1.165, 1.54) is 16.4 Å². The van der Waals surface area contributed by atoms with Crippen molar-refractivity contribution in [2.75, 3.05) is 26.3 Å². The Balaban J connectivity index is 2.00. The van der Waals surface area contributed by atoms with E-state index in [4.69, 9.17) is 9.47 Å². The van der Waals surface area contributed by atoms with Crippen LogP contribution < -0.4 is 4.74 Å². The van der Waals surface area contributed by atoms with Crippen molar-refractivity contribution in [3.05, 3.63) is 24.3 Å². The largest absolute Gasteiger partial charge is 0.482 e. The number of piperidine rings is 1. The van der Waals surface area contributed by atoms with E-state index in [9.17, 15) is 13.2 Å². The van der Waals surface area contributed by atoms with Crippen LogP contribution in [0.2, 0.25) is 0 Å². The van der Waals surface area contributed by atoms with Gasteiger partial charge in [-0.1, -0.05) is 6.42 Å². The number of rotatable bonds is 6. The fourth-order valence-corrected chi connectivity index (χ4v) is 3.82. The van der Waals surface area contributed by atoms with Crippen molar-refractivity contribution in [2.45, 2.75) is 31.1 Å². The Kier molecular flexibility index (Phi) is 5.79. The Labute approximate surface area is 131 Å². The molecule has 0 amide bonds. The van der Waals surface area contributed by atoms with Crippen molar-refractivity contribution >= 4 is 16.0 Å². The van der Waals surface area contributed by atoms with Crippen LogP contribution in [0.25, 0.3) is 0 Å². The van der Waals surface area contributed by atoms with E-state index in [0.717, 1.165) is 19.3 Å².